The lowest BCUT2D eigenvalue weighted by Crippen LogP contribution is -2.23. The van der Waals surface area contributed by atoms with Crippen LogP contribution >= 0.6 is 0 Å². The van der Waals surface area contributed by atoms with Gasteiger partial charge in [-0.25, -0.2) is 4.39 Å². The van der Waals surface area contributed by atoms with Gasteiger partial charge >= 0.3 is 0 Å². The Hall–Kier alpha value is -2.54. The Kier molecular flexibility index (Phi) is 4.56. The van der Waals surface area contributed by atoms with E-state index in [0.717, 1.165) is 11.4 Å². The predicted molar refractivity (Wildman–Crippen MR) is 76.3 cm³/mol. The monoisotopic (exact) mass is 270 g/mol. The van der Waals surface area contributed by atoms with Crippen molar-refractivity contribution >= 4 is 5.69 Å². The SMILES string of the molecule is CN(CCOc1ccc(C#N)cc1)c1ccc(F)cc1. The highest BCUT2D eigenvalue weighted by Crippen LogP contribution is 2.14. The van der Waals surface area contributed by atoms with Crippen molar-refractivity contribution in [3.63, 3.8) is 0 Å². The quantitative estimate of drug-likeness (QED) is 0.837. The zero-order valence-corrected chi connectivity index (χ0v) is 11.2. The van der Waals surface area contributed by atoms with Crippen LogP contribution in [0.25, 0.3) is 0 Å². The first-order chi connectivity index (χ1) is 9.69. The molecule has 102 valence electrons. The highest BCUT2D eigenvalue weighted by atomic mass is 19.1. The van der Waals surface area contributed by atoms with Crippen molar-refractivity contribution in [3.8, 4) is 11.8 Å². The molecule has 3 nitrogen and oxygen atoms in total. The minimum absolute atomic E-state index is 0.240. The summed E-state index contributed by atoms with van der Waals surface area (Å²) in [6.45, 7) is 1.20. The van der Waals surface area contributed by atoms with Crippen LogP contribution in [0.2, 0.25) is 0 Å². The van der Waals surface area contributed by atoms with Crippen LogP contribution in [0, 0.1) is 17.1 Å². The Labute approximate surface area is 117 Å². The summed E-state index contributed by atoms with van der Waals surface area (Å²) in [5.41, 5.74) is 1.55. The first-order valence-corrected chi connectivity index (χ1v) is 6.29. The fourth-order valence-corrected chi connectivity index (χ4v) is 1.75. The van der Waals surface area contributed by atoms with Gasteiger partial charge in [0.05, 0.1) is 18.2 Å². The molecule has 2 aromatic rings. The Morgan fingerprint density at radius 2 is 1.75 bits per heavy atom. The fraction of sp³-hybridized carbons (Fsp3) is 0.188. The molecule has 0 aliphatic rings. The summed E-state index contributed by atoms with van der Waals surface area (Å²) in [5.74, 6) is 0.493. The van der Waals surface area contributed by atoms with Crippen LogP contribution in [-0.2, 0) is 0 Å². The molecule has 0 amide bonds. The largest absolute Gasteiger partial charge is 0.492 e. The Balaban J connectivity index is 1.83. The van der Waals surface area contributed by atoms with Crippen LogP contribution in [0.4, 0.5) is 10.1 Å². The van der Waals surface area contributed by atoms with Crippen molar-refractivity contribution in [1.29, 1.82) is 5.26 Å². The van der Waals surface area contributed by atoms with E-state index in [0.29, 0.717) is 18.7 Å². The average Bonchev–Trinajstić information content (AvgIpc) is 2.48. The van der Waals surface area contributed by atoms with Crippen LogP contribution in [0.5, 0.6) is 5.75 Å². The maximum atomic E-state index is 12.8. The Morgan fingerprint density at radius 1 is 1.10 bits per heavy atom. The van der Waals surface area contributed by atoms with Crippen molar-refractivity contribution in [2.24, 2.45) is 0 Å². The maximum Gasteiger partial charge on any atom is 0.123 e. The Morgan fingerprint density at radius 3 is 2.35 bits per heavy atom. The summed E-state index contributed by atoms with van der Waals surface area (Å²) in [4.78, 5) is 1.99. The molecule has 0 aliphatic heterocycles. The average molecular weight is 270 g/mol. The molecule has 0 radical (unpaired) electrons. The number of benzene rings is 2. The number of rotatable bonds is 5. The van der Waals surface area contributed by atoms with E-state index in [1.54, 1.807) is 36.4 Å². The highest BCUT2D eigenvalue weighted by Gasteiger charge is 2.01. The summed E-state index contributed by atoms with van der Waals surface area (Å²) in [6.07, 6.45) is 0. The molecule has 4 heteroatoms. The van der Waals surface area contributed by atoms with Crippen molar-refractivity contribution in [1.82, 2.24) is 0 Å². The molecule has 2 aromatic carbocycles. The lowest BCUT2D eigenvalue weighted by Gasteiger charge is -2.19. The summed E-state index contributed by atoms with van der Waals surface area (Å²) in [7, 11) is 1.93. The van der Waals surface area contributed by atoms with Crippen LogP contribution in [-0.4, -0.2) is 20.2 Å². The van der Waals surface area contributed by atoms with Gasteiger partial charge in [0.15, 0.2) is 0 Å². The first-order valence-electron chi connectivity index (χ1n) is 6.29. The van der Waals surface area contributed by atoms with Gasteiger partial charge in [-0.05, 0) is 48.5 Å². The molecule has 0 aromatic heterocycles. The van der Waals surface area contributed by atoms with Gasteiger partial charge in [0.2, 0.25) is 0 Å². The number of hydrogen-bond acceptors (Lipinski definition) is 3. The number of hydrogen-bond donors (Lipinski definition) is 0. The van der Waals surface area contributed by atoms with E-state index in [2.05, 4.69) is 6.07 Å². The number of ether oxygens (including phenoxy) is 1. The molecule has 0 fully saturated rings. The van der Waals surface area contributed by atoms with Gasteiger partial charge in [-0.3, -0.25) is 0 Å². The van der Waals surface area contributed by atoms with Gasteiger partial charge in [-0.1, -0.05) is 0 Å². The molecule has 0 heterocycles. The number of halogens is 1. The third-order valence-corrected chi connectivity index (χ3v) is 2.95. The summed E-state index contributed by atoms with van der Waals surface area (Å²) in [5, 5.41) is 8.70. The zero-order chi connectivity index (χ0) is 14.4. The maximum absolute atomic E-state index is 12.8. The molecule has 0 atom stereocenters. The van der Waals surface area contributed by atoms with E-state index >= 15 is 0 Å². The van der Waals surface area contributed by atoms with Crippen LogP contribution in [0.15, 0.2) is 48.5 Å². The second-order valence-electron chi connectivity index (χ2n) is 4.38. The van der Waals surface area contributed by atoms with Crippen molar-refractivity contribution in [2.75, 3.05) is 25.1 Å². The molecule has 0 spiro atoms. The molecule has 0 N–H and O–H groups in total. The van der Waals surface area contributed by atoms with Gasteiger partial charge in [0, 0.05) is 12.7 Å². The van der Waals surface area contributed by atoms with Gasteiger partial charge in [-0.2, -0.15) is 5.26 Å². The van der Waals surface area contributed by atoms with E-state index in [1.165, 1.54) is 12.1 Å². The van der Waals surface area contributed by atoms with Crippen LogP contribution in [0.1, 0.15) is 5.56 Å². The normalized spacial score (nSPS) is 9.85. The van der Waals surface area contributed by atoms with E-state index in [9.17, 15) is 4.39 Å². The fourth-order valence-electron chi connectivity index (χ4n) is 1.75. The standard InChI is InChI=1S/C16H15FN2O/c1-19(15-6-4-14(17)5-7-15)10-11-20-16-8-2-13(12-18)3-9-16/h2-9H,10-11H2,1H3. The topological polar surface area (TPSA) is 36.3 Å². The van der Waals surface area contributed by atoms with E-state index in [1.807, 2.05) is 11.9 Å². The molecule has 0 unspecified atom stereocenters. The molecule has 0 bridgehead atoms. The third-order valence-electron chi connectivity index (χ3n) is 2.95. The van der Waals surface area contributed by atoms with Gasteiger partial charge in [0.1, 0.15) is 18.2 Å². The van der Waals surface area contributed by atoms with Crippen LogP contribution < -0.4 is 9.64 Å². The number of nitrogens with zero attached hydrogens (tertiary/aromatic N) is 2. The molecule has 20 heavy (non-hydrogen) atoms. The van der Waals surface area contributed by atoms with Crippen LogP contribution in [0.3, 0.4) is 0 Å². The van der Waals surface area contributed by atoms with E-state index in [4.69, 9.17) is 10.00 Å². The zero-order valence-electron chi connectivity index (χ0n) is 11.2. The Bertz CT molecular complexity index is 587. The van der Waals surface area contributed by atoms with Gasteiger partial charge in [0.25, 0.3) is 0 Å². The van der Waals surface area contributed by atoms with Gasteiger partial charge < -0.3 is 9.64 Å². The first kappa shape index (κ1) is 13.9. The number of nitriles is 1. The highest BCUT2D eigenvalue weighted by molar-refractivity contribution is 5.45. The molecular formula is C16H15FN2O. The smallest absolute Gasteiger partial charge is 0.123 e. The third kappa shape index (κ3) is 3.72. The second kappa shape index (κ2) is 6.58. The summed E-state index contributed by atoms with van der Waals surface area (Å²) in [6, 6.07) is 15.4. The van der Waals surface area contributed by atoms with Crippen molar-refractivity contribution < 1.29 is 9.13 Å². The molecular weight excluding hydrogens is 255 g/mol. The van der Waals surface area contributed by atoms with E-state index < -0.39 is 0 Å². The van der Waals surface area contributed by atoms with Crippen molar-refractivity contribution in [3.05, 3.63) is 59.9 Å². The molecule has 0 aliphatic carbocycles. The van der Waals surface area contributed by atoms with Gasteiger partial charge in [-0.15, -0.1) is 0 Å². The number of anilines is 1. The second-order valence-corrected chi connectivity index (χ2v) is 4.38. The molecule has 0 saturated carbocycles. The predicted octanol–water partition coefficient (Wildman–Crippen LogP) is 3.21. The number of likely N-dealkylation sites (N-methyl/N-ethyl adjacent to an activating group) is 1. The minimum atomic E-state index is -0.240. The lowest BCUT2D eigenvalue weighted by atomic mass is 10.2. The minimum Gasteiger partial charge on any atom is -0.492 e. The molecule has 0 saturated heterocycles. The summed E-state index contributed by atoms with van der Waals surface area (Å²) >= 11 is 0. The lowest BCUT2D eigenvalue weighted by molar-refractivity contribution is 0.326. The van der Waals surface area contributed by atoms with Crippen molar-refractivity contribution in [2.45, 2.75) is 0 Å². The molecule has 2 rings (SSSR count). The summed E-state index contributed by atoms with van der Waals surface area (Å²) < 4.78 is 18.4. The van der Waals surface area contributed by atoms with E-state index in [-0.39, 0.29) is 5.82 Å².